The predicted octanol–water partition coefficient (Wildman–Crippen LogP) is 3.10. The first kappa shape index (κ1) is 28.7. The van der Waals surface area contributed by atoms with Crippen LogP contribution in [0.2, 0.25) is 0 Å². The zero-order valence-electron chi connectivity index (χ0n) is 21.5. The topological polar surface area (TPSA) is 107 Å². The molecule has 1 atom stereocenters. The number of sulfonamides is 1. The van der Waals surface area contributed by atoms with E-state index in [1.807, 2.05) is 30.1 Å². The molecule has 0 aliphatic carbocycles. The number of rotatable bonds is 4. The Morgan fingerprint density at radius 3 is 2.38 bits per heavy atom. The number of hydrogen-bond acceptors (Lipinski definition) is 6. The highest BCUT2D eigenvalue weighted by molar-refractivity contribution is 7.92. The molecule has 3 aliphatic heterocycles. The van der Waals surface area contributed by atoms with Crippen molar-refractivity contribution in [3.8, 4) is 5.75 Å². The van der Waals surface area contributed by atoms with E-state index in [0.717, 1.165) is 42.8 Å². The van der Waals surface area contributed by atoms with Crippen LogP contribution in [-0.2, 0) is 26.0 Å². The lowest BCUT2D eigenvalue weighted by Crippen LogP contribution is -2.46. The van der Waals surface area contributed by atoms with Crippen LogP contribution in [0.25, 0.3) is 0 Å². The number of piperidine rings is 1. The number of carboxylic acids is 1. The van der Waals surface area contributed by atoms with Crippen LogP contribution in [0.3, 0.4) is 0 Å². The normalized spacial score (nSPS) is 19.4. The average Bonchev–Trinajstić information content (AvgIpc) is 3.53. The molecule has 0 spiro atoms. The monoisotopic (exact) mass is 569 g/mol. The number of aliphatic carboxylic acids is 1. The molecule has 5 rings (SSSR count). The van der Waals surface area contributed by atoms with Crippen molar-refractivity contribution in [1.29, 1.82) is 0 Å². The van der Waals surface area contributed by atoms with Gasteiger partial charge in [-0.3, -0.25) is 9.10 Å². The Labute approximate surface area is 224 Å². The number of fused-ring (bicyclic) bond motifs is 2. The minimum atomic E-state index is -5.08. The average molecular weight is 570 g/mol. The Balaban J connectivity index is 0.000000448. The minimum Gasteiger partial charge on any atom is -0.493 e. The number of anilines is 1. The number of nitrogens with zero attached hydrogens (tertiary/aromatic N) is 3. The van der Waals surface area contributed by atoms with Gasteiger partial charge < -0.3 is 19.6 Å². The highest BCUT2D eigenvalue weighted by atomic mass is 32.2. The van der Waals surface area contributed by atoms with Gasteiger partial charge >= 0.3 is 12.1 Å². The summed E-state index contributed by atoms with van der Waals surface area (Å²) in [5.41, 5.74) is 2.29. The molecular formula is C26H30F3N3O6S. The smallest absolute Gasteiger partial charge is 0.490 e. The van der Waals surface area contributed by atoms with Crippen LogP contribution in [0.4, 0.5) is 18.9 Å². The quantitative estimate of drug-likeness (QED) is 0.603. The molecule has 39 heavy (non-hydrogen) atoms. The number of carboxylic acid groups (broad SMARTS) is 1. The van der Waals surface area contributed by atoms with Crippen LogP contribution in [-0.4, -0.2) is 87.8 Å². The molecule has 1 unspecified atom stereocenters. The van der Waals surface area contributed by atoms with Crippen LogP contribution < -0.4 is 9.04 Å². The summed E-state index contributed by atoms with van der Waals surface area (Å²) in [4.78, 5) is 26.8. The first-order valence-electron chi connectivity index (χ1n) is 12.4. The number of likely N-dealkylation sites (tertiary alicyclic amines) is 1. The summed E-state index contributed by atoms with van der Waals surface area (Å²) in [6.07, 6.45) is -2.50. The van der Waals surface area contributed by atoms with E-state index in [9.17, 15) is 26.4 Å². The standard InChI is InChI=1S/C24H29N3O4S.C2HF3O2/c1-25-12-9-18(10-13-25)26(2)24(28)21-16-27(22-6-4-3-5-20(21)22)32(29,30)19-7-8-23-17(15-19)11-14-31-23;3-2(4,5)1(6)7/h3-8,15,18,21H,9-14,16H2,1-2H3;(H,6,7). The Hall–Kier alpha value is -3.32. The number of hydrogen-bond donors (Lipinski definition) is 1. The first-order chi connectivity index (χ1) is 18.3. The maximum Gasteiger partial charge on any atom is 0.490 e. The Morgan fingerprint density at radius 2 is 1.74 bits per heavy atom. The van der Waals surface area contributed by atoms with Gasteiger partial charge in [-0.1, -0.05) is 18.2 Å². The van der Waals surface area contributed by atoms with E-state index >= 15 is 0 Å². The number of amides is 1. The molecule has 0 saturated carbocycles. The van der Waals surface area contributed by atoms with Crippen molar-refractivity contribution in [3.05, 3.63) is 53.6 Å². The summed E-state index contributed by atoms with van der Waals surface area (Å²) >= 11 is 0. The molecule has 1 saturated heterocycles. The van der Waals surface area contributed by atoms with Crippen molar-refractivity contribution < 1.29 is 41.0 Å². The van der Waals surface area contributed by atoms with Gasteiger partial charge in [0.2, 0.25) is 5.91 Å². The summed E-state index contributed by atoms with van der Waals surface area (Å²) < 4.78 is 65.9. The van der Waals surface area contributed by atoms with E-state index in [0.29, 0.717) is 18.7 Å². The van der Waals surface area contributed by atoms with E-state index in [4.69, 9.17) is 14.6 Å². The molecular weight excluding hydrogens is 539 g/mol. The molecule has 2 aromatic carbocycles. The molecule has 13 heteroatoms. The van der Waals surface area contributed by atoms with Gasteiger partial charge in [0.1, 0.15) is 5.75 Å². The molecule has 212 valence electrons. The third-order valence-electron chi connectivity index (χ3n) is 7.30. The Morgan fingerprint density at radius 1 is 1.10 bits per heavy atom. The van der Waals surface area contributed by atoms with Crippen molar-refractivity contribution in [2.24, 2.45) is 0 Å². The minimum absolute atomic E-state index is 0.00736. The summed E-state index contributed by atoms with van der Waals surface area (Å²) in [5, 5.41) is 7.12. The van der Waals surface area contributed by atoms with Gasteiger partial charge in [-0.05, 0) is 68.4 Å². The number of para-hydroxylation sites is 1. The first-order valence-corrected chi connectivity index (χ1v) is 13.9. The largest absolute Gasteiger partial charge is 0.493 e. The molecule has 9 nitrogen and oxygen atoms in total. The number of benzene rings is 2. The SMILES string of the molecule is CN1CCC(N(C)C(=O)C2CN(S(=O)(=O)c3ccc4c(c3)CCO4)c3ccccc32)CC1.O=C(O)C(F)(F)F. The van der Waals surface area contributed by atoms with E-state index in [1.165, 1.54) is 4.31 Å². The fourth-order valence-corrected chi connectivity index (χ4v) is 6.63. The van der Waals surface area contributed by atoms with E-state index in [2.05, 4.69) is 11.9 Å². The summed E-state index contributed by atoms with van der Waals surface area (Å²) in [6, 6.07) is 12.6. The molecule has 0 aromatic heterocycles. The second kappa shape index (κ2) is 11.0. The van der Waals surface area contributed by atoms with Crippen molar-refractivity contribution in [2.75, 3.05) is 44.6 Å². The van der Waals surface area contributed by atoms with Gasteiger partial charge in [-0.2, -0.15) is 13.2 Å². The van der Waals surface area contributed by atoms with Crippen molar-refractivity contribution in [1.82, 2.24) is 9.80 Å². The second-order valence-electron chi connectivity index (χ2n) is 9.80. The maximum absolute atomic E-state index is 13.6. The van der Waals surface area contributed by atoms with Crippen molar-refractivity contribution in [2.45, 2.75) is 42.3 Å². The molecule has 3 aliphatic rings. The highest BCUT2D eigenvalue weighted by Gasteiger charge is 2.42. The maximum atomic E-state index is 13.6. The zero-order chi connectivity index (χ0) is 28.5. The summed E-state index contributed by atoms with van der Waals surface area (Å²) in [6.45, 7) is 2.63. The molecule has 1 fully saturated rings. The number of carbonyl (C=O) groups is 2. The third-order valence-corrected chi connectivity index (χ3v) is 9.08. The lowest BCUT2D eigenvalue weighted by atomic mass is 9.97. The van der Waals surface area contributed by atoms with Crippen LogP contribution in [0.1, 0.15) is 29.9 Å². The summed E-state index contributed by atoms with van der Waals surface area (Å²) in [5.74, 6) is -2.51. The van der Waals surface area contributed by atoms with Crippen LogP contribution in [0, 0.1) is 0 Å². The lowest BCUT2D eigenvalue weighted by molar-refractivity contribution is -0.192. The van der Waals surface area contributed by atoms with Crippen molar-refractivity contribution >= 4 is 27.6 Å². The number of ether oxygens (including phenoxy) is 1. The molecule has 1 amide bonds. The fourth-order valence-electron chi connectivity index (χ4n) is 5.07. The van der Waals surface area contributed by atoms with Crippen LogP contribution in [0.5, 0.6) is 5.75 Å². The highest BCUT2D eigenvalue weighted by Crippen LogP contribution is 2.41. The second-order valence-corrected chi connectivity index (χ2v) is 11.7. The van der Waals surface area contributed by atoms with E-state index in [1.54, 1.807) is 24.3 Å². The van der Waals surface area contributed by atoms with Gasteiger partial charge in [-0.15, -0.1) is 0 Å². The molecule has 0 bridgehead atoms. The van der Waals surface area contributed by atoms with Crippen LogP contribution in [0.15, 0.2) is 47.4 Å². The lowest BCUT2D eigenvalue weighted by Gasteiger charge is -2.36. The third kappa shape index (κ3) is 5.98. The van der Waals surface area contributed by atoms with E-state index < -0.39 is 28.1 Å². The van der Waals surface area contributed by atoms with Gasteiger partial charge in [0.05, 0.1) is 29.7 Å². The molecule has 0 radical (unpaired) electrons. The summed E-state index contributed by atoms with van der Waals surface area (Å²) in [7, 11) is 0.158. The van der Waals surface area contributed by atoms with Gasteiger partial charge in [0.15, 0.2) is 0 Å². The zero-order valence-corrected chi connectivity index (χ0v) is 22.3. The van der Waals surface area contributed by atoms with Crippen LogP contribution >= 0.6 is 0 Å². The number of likely N-dealkylation sites (N-methyl/N-ethyl adjacent to an activating group) is 1. The van der Waals surface area contributed by atoms with Gasteiger partial charge in [-0.25, -0.2) is 13.2 Å². The number of alkyl halides is 3. The predicted molar refractivity (Wildman–Crippen MR) is 136 cm³/mol. The Bertz CT molecular complexity index is 1340. The fraction of sp³-hybridized carbons (Fsp3) is 0.462. The molecule has 1 N–H and O–H groups in total. The van der Waals surface area contributed by atoms with Crippen molar-refractivity contribution in [3.63, 3.8) is 0 Å². The number of carbonyl (C=O) groups excluding carboxylic acids is 1. The van der Waals surface area contributed by atoms with E-state index in [-0.39, 0.29) is 23.4 Å². The van der Waals surface area contributed by atoms with Gasteiger partial charge in [0.25, 0.3) is 10.0 Å². The van der Waals surface area contributed by atoms with Gasteiger partial charge in [0, 0.05) is 19.5 Å². The molecule has 3 heterocycles. The number of halogens is 3. The Kier molecular flexibility index (Phi) is 8.12. The molecule has 2 aromatic rings.